The van der Waals surface area contributed by atoms with Gasteiger partial charge in [-0.2, -0.15) is 0 Å². The third kappa shape index (κ3) is 12.5. The summed E-state index contributed by atoms with van der Waals surface area (Å²) in [5.41, 5.74) is 11.7. The monoisotopic (exact) mass is 726 g/mol. The summed E-state index contributed by atoms with van der Waals surface area (Å²) in [6, 6.07) is 30.4. The number of hydrogen-bond donors (Lipinski definition) is 0. The molecule has 3 aromatic carbocycles. The van der Waals surface area contributed by atoms with Crippen molar-refractivity contribution in [2.24, 2.45) is 0 Å². The third-order valence-electron chi connectivity index (χ3n) is 6.73. The summed E-state index contributed by atoms with van der Waals surface area (Å²) in [5, 5.41) is 0. The van der Waals surface area contributed by atoms with Crippen molar-refractivity contribution >= 4 is 35.4 Å². The quantitative estimate of drug-likeness (QED) is 0.174. The summed E-state index contributed by atoms with van der Waals surface area (Å²) in [4.78, 5) is 12.1. The van der Waals surface area contributed by atoms with Crippen LogP contribution in [-0.4, -0.2) is 27.7 Å². The minimum Gasteiger partial charge on any atom is -0.265 e. The third-order valence-corrected chi connectivity index (χ3v) is 8.60. The molecule has 1 aliphatic heterocycles. The smallest absolute Gasteiger partial charge is 0.0267 e. The zero-order valence-electron chi connectivity index (χ0n) is 26.9. The average molecular weight is 727 g/mol. The SMILES string of the molecule is Cc1cc(C)c(N2[C]N(c3c(C)cc(C)cc3C)CC2)c(C)c1.[Cl][Ru]([Cl])=[CH]c1ccccc1.c1ccncc1.c1ccncc1. The van der Waals surface area contributed by atoms with Crippen LogP contribution in [0.2, 0.25) is 0 Å². The van der Waals surface area contributed by atoms with E-state index in [1.54, 1.807) is 24.8 Å². The van der Waals surface area contributed by atoms with E-state index in [9.17, 15) is 0 Å². The standard InChI is InChI=1S/C21H26N2.C7H6.2C5H5N.2ClH.Ru/c1-14-9-16(3)20(17(4)10-14)22-7-8-23(13-22)21-18(5)11-15(2)12-19(21)6;1-7-5-3-2-4-6-7;2*1-2-4-6-5-3-1;;;/h9-12H,7-8H2,1-6H3;1-6H;2*1-5H;2*1H;/q;;;;;;+2/p-2. The van der Waals surface area contributed by atoms with Gasteiger partial charge in [0.2, 0.25) is 6.67 Å². The predicted octanol–water partition coefficient (Wildman–Crippen LogP) is 9.79. The molecular formula is C38H42Cl2N4Ru. The van der Waals surface area contributed by atoms with Crippen LogP contribution in [0.4, 0.5) is 11.4 Å². The van der Waals surface area contributed by atoms with Crippen LogP contribution in [0.25, 0.3) is 0 Å². The molecule has 5 aromatic rings. The van der Waals surface area contributed by atoms with Crippen LogP contribution >= 0.6 is 19.4 Å². The first kappa shape index (κ1) is 36.1. The second-order valence-corrected chi connectivity index (χ2v) is 16.4. The molecule has 4 nitrogen and oxygen atoms in total. The van der Waals surface area contributed by atoms with Crippen molar-refractivity contribution in [1.29, 1.82) is 0 Å². The van der Waals surface area contributed by atoms with E-state index in [4.69, 9.17) is 19.4 Å². The van der Waals surface area contributed by atoms with Crippen molar-refractivity contribution in [3.8, 4) is 0 Å². The number of nitrogens with zero attached hydrogens (tertiary/aromatic N) is 4. The maximum absolute atomic E-state index is 5.67. The fraction of sp³-hybridized carbons (Fsp3) is 0.211. The van der Waals surface area contributed by atoms with E-state index in [0.29, 0.717) is 0 Å². The molecule has 0 saturated carbocycles. The summed E-state index contributed by atoms with van der Waals surface area (Å²) in [6.45, 7) is 18.7. The number of aromatic nitrogens is 2. The Hall–Kier alpha value is -3.37. The van der Waals surface area contributed by atoms with Crippen LogP contribution in [0.5, 0.6) is 0 Å². The van der Waals surface area contributed by atoms with Crippen molar-refractivity contribution in [2.45, 2.75) is 41.5 Å². The van der Waals surface area contributed by atoms with Crippen molar-refractivity contribution < 1.29 is 13.5 Å². The van der Waals surface area contributed by atoms with Gasteiger partial charge in [0.05, 0.1) is 0 Å². The van der Waals surface area contributed by atoms with Crippen LogP contribution in [-0.2, 0) is 13.5 Å². The first-order chi connectivity index (χ1) is 21.7. The summed E-state index contributed by atoms with van der Waals surface area (Å²) >= 11 is -1.61. The molecular weight excluding hydrogens is 684 g/mol. The van der Waals surface area contributed by atoms with Gasteiger partial charge in [-0.25, -0.2) is 0 Å². The topological polar surface area (TPSA) is 32.3 Å². The van der Waals surface area contributed by atoms with Crippen LogP contribution in [0.1, 0.15) is 38.9 Å². The number of anilines is 2. The Labute approximate surface area is 283 Å². The Kier molecular flexibility index (Phi) is 15.4. The van der Waals surface area contributed by atoms with E-state index < -0.39 is 13.5 Å². The van der Waals surface area contributed by atoms with Gasteiger partial charge in [-0.3, -0.25) is 9.97 Å². The molecule has 236 valence electrons. The Morgan fingerprint density at radius 3 is 1.22 bits per heavy atom. The van der Waals surface area contributed by atoms with Crippen molar-refractivity contribution in [1.82, 2.24) is 9.97 Å². The van der Waals surface area contributed by atoms with Crippen molar-refractivity contribution in [2.75, 3.05) is 22.9 Å². The maximum atomic E-state index is 5.67. The van der Waals surface area contributed by atoms with Gasteiger partial charge in [-0.15, -0.1) is 0 Å². The molecule has 1 fully saturated rings. The number of pyridine rings is 2. The second kappa shape index (κ2) is 19.2. The van der Waals surface area contributed by atoms with Gasteiger partial charge in [0.25, 0.3) is 0 Å². The van der Waals surface area contributed by atoms with Gasteiger partial charge in [-0.1, -0.05) is 47.5 Å². The Morgan fingerprint density at radius 1 is 0.578 bits per heavy atom. The second-order valence-electron chi connectivity index (χ2n) is 10.7. The molecule has 3 heterocycles. The summed E-state index contributed by atoms with van der Waals surface area (Å²) in [6.07, 6.45) is 7.00. The fourth-order valence-electron chi connectivity index (χ4n) is 5.20. The summed E-state index contributed by atoms with van der Waals surface area (Å²) in [7, 11) is 11.3. The van der Waals surface area contributed by atoms with Gasteiger partial charge in [-0.05, 0) is 88.1 Å². The predicted molar refractivity (Wildman–Crippen MR) is 191 cm³/mol. The zero-order chi connectivity index (χ0) is 32.6. The molecule has 0 amide bonds. The summed E-state index contributed by atoms with van der Waals surface area (Å²) in [5.74, 6) is 0. The van der Waals surface area contributed by atoms with E-state index in [1.165, 1.54) is 44.8 Å². The zero-order valence-corrected chi connectivity index (χ0v) is 30.1. The first-order valence-corrected chi connectivity index (χ1v) is 20.2. The molecule has 1 saturated heterocycles. The number of halogens is 2. The van der Waals surface area contributed by atoms with Crippen LogP contribution < -0.4 is 9.80 Å². The molecule has 1 aliphatic rings. The van der Waals surface area contributed by atoms with Gasteiger partial charge < -0.3 is 9.80 Å². The van der Waals surface area contributed by atoms with E-state index in [0.717, 1.165) is 18.7 Å². The van der Waals surface area contributed by atoms with Crippen molar-refractivity contribution in [3.63, 3.8) is 0 Å². The maximum Gasteiger partial charge on any atom is 0.0267 e. The minimum absolute atomic E-state index is 0.984. The fourth-order valence-corrected chi connectivity index (χ4v) is 7.03. The van der Waals surface area contributed by atoms with Gasteiger partial charge in [0.15, 0.2) is 0 Å². The molecule has 2 radical (unpaired) electrons. The summed E-state index contributed by atoms with van der Waals surface area (Å²) < 4.78 is 1.92. The van der Waals surface area contributed by atoms with E-state index in [2.05, 4.69) is 92.2 Å². The van der Waals surface area contributed by atoms with Crippen molar-refractivity contribution in [3.05, 3.63) is 161 Å². The largest absolute Gasteiger partial charge is 0.265 e. The Bertz CT molecular complexity index is 1420. The number of aryl methyl sites for hydroxylation is 6. The molecule has 0 N–H and O–H groups in total. The molecule has 2 aromatic heterocycles. The van der Waals surface area contributed by atoms with Gasteiger partial charge >= 0.3 is 73.4 Å². The molecule has 7 heteroatoms. The van der Waals surface area contributed by atoms with Gasteiger partial charge in [0.1, 0.15) is 0 Å². The normalized spacial score (nSPS) is 12.0. The molecule has 0 bridgehead atoms. The molecule has 0 unspecified atom stereocenters. The van der Waals surface area contributed by atoms with Gasteiger partial charge in [0, 0.05) is 49.3 Å². The molecule has 45 heavy (non-hydrogen) atoms. The van der Waals surface area contributed by atoms with E-state index in [-0.39, 0.29) is 0 Å². The van der Waals surface area contributed by atoms with E-state index in [1.807, 2.05) is 71.3 Å². The van der Waals surface area contributed by atoms with E-state index >= 15 is 0 Å². The Balaban J connectivity index is 0.000000203. The Morgan fingerprint density at radius 2 is 0.933 bits per heavy atom. The number of benzene rings is 3. The molecule has 0 aliphatic carbocycles. The number of hydrogen-bond acceptors (Lipinski definition) is 4. The first-order valence-electron chi connectivity index (χ1n) is 14.7. The average Bonchev–Trinajstić information content (AvgIpc) is 3.48. The van der Waals surface area contributed by atoms with Crippen LogP contribution in [0, 0.1) is 48.2 Å². The molecule has 0 atom stereocenters. The molecule has 0 spiro atoms. The minimum atomic E-state index is -1.61. The van der Waals surface area contributed by atoms with Crippen LogP contribution in [0.3, 0.4) is 0 Å². The number of rotatable bonds is 3. The molecule has 6 rings (SSSR count). The van der Waals surface area contributed by atoms with Crippen LogP contribution in [0.15, 0.2) is 116 Å².